The fourth-order valence-electron chi connectivity index (χ4n) is 6.12. The zero-order valence-corrected chi connectivity index (χ0v) is 18.0. The smallest absolute Gasteiger partial charge is 0.309 e. The van der Waals surface area contributed by atoms with E-state index >= 15 is 0 Å². The van der Waals surface area contributed by atoms with Crippen LogP contribution in [0.5, 0.6) is 0 Å². The zero-order chi connectivity index (χ0) is 22.1. The lowest BCUT2D eigenvalue weighted by Gasteiger charge is -2.70. The van der Waals surface area contributed by atoms with Crippen molar-refractivity contribution in [1.29, 1.82) is 0 Å². The molecular weight excluding hydrogens is 402 g/mol. The van der Waals surface area contributed by atoms with Crippen LogP contribution in [0, 0.1) is 16.7 Å². The molecule has 3 aliphatic rings. The molecule has 0 amide bonds. The van der Waals surface area contributed by atoms with Gasteiger partial charge in [-0.1, -0.05) is 37.3 Å². The standard InChI is InChI=1S/C27H25NO4/c1-17(26-14-27(15-26,16-26)25(30)31)11-22(29)21-7-4-6-18-9-10-28(24(18)21)13-20-12-19-5-2-3-8-23(19)32-20/h2-10,12,17H,11,13-16H2,1H3,(H,30,31). The van der Waals surface area contributed by atoms with Gasteiger partial charge in [-0.2, -0.15) is 0 Å². The number of aromatic nitrogens is 1. The summed E-state index contributed by atoms with van der Waals surface area (Å²) in [4.78, 5) is 24.8. The molecule has 1 N–H and O–H groups in total. The summed E-state index contributed by atoms with van der Waals surface area (Å²) in [6.45, 7) is 2.67. The van der Waals surface area contributed by atoms with Crippen molar-refractivity contribution in [1.82, 2.24) is 4.57 Å². The van der Waals surface area contributed by atoms with E-state index in [1.165, 1.54) is 0 Å². The molecular formula is C27H25NO4. The van der Waals surface area contributed by atoms with Gasteiger partial charge in [0.25, 0.3) is 0 Å². The van der Waals surface area contributed by atoms with E-state index in [0.29, 0.717) is 13.0 Å². The Morgan fingerprint density at radius 2 is 1.81 bits per heavy atom. The maximum absolute atomic E-state index is 13.4. The molecule has 162 valence electrons. The summed E-state index contributed by atoms with van der Waals surface area (Å²) in [5.41, 5.74) is 2.07. The highest BCUT2D eigenvalue weighted by Crippen LogP contribution is 2.76. The number of Topliss-reactive ketones (excluding diaryl/α,β-unsaturated/α-hetero) is 1. The van der Waals surface area contributed by atoms with E-state index in [1.807, 2.05) is 54.7 Å². The molecule has 2 bridgehead atoms. The van der Waals surface area contributed by atoms with Crippen LogP contribution in [0.2, 0.25) is 0 Å². The first-order valence-electron chi connectivity index (χ1n) is 11.2. The third-order valence-electron chi connectivity index (χ3n) is 7.95. The Labute approximate surface area is 185 Å². The Kier molecular flexibility index (Phi) is 3.98. The van der Waals surface area contributed by atoms with Crippen molar-refractivity contribution in [2.24, 2.45) is 16.7 Å². The number of hydrogen-bond donors (Lipinski definition) is 1. The summed E-state index contributed by atoms with van der Waals surface area (Å²) in [5, 5.41) is 11.5. The lowest BCUT2D eigenvalue weighted by atomic mass is 9.32. The number of aliphatic carboxylic acids is 1. The fourth-order valence-corrected chi connectivity index (χ4v) is 6.12. The number of nitrogens with zero attached hydrogens (tertiary/aromatic N) is 1. The van der Waals surface area contributed by atoms with Crippen molar-refractivity contribution >= 4 is 33.6 Å². The molecule has 5 nitrogen and oxygen atoms in total. The van der Waals surface area contributed by atoms with Crippen molar-refractivity contribution in [3.63, 3.8) is 0 Å². The second-order valence-electron chi connectivity index (χ2n) is 9.94. The van der Waals surface area contributed by atoms with Gasteiger partial charge in [0.15, 0.2) is 5.78 Å². The molecule has 2 aromatic heterocycles. The predicted octanol–water partition coefficient (Wildman–Crippen LogP) is 5.90. The number of para-hydroxylation sites is 2. The van der Waals surface area contributed by atoms with Crippen molar-refractivity contribution in [2.75, 3.05) is 0 Å². The monoisotopic (exact) mass is 427 g/mol. The van der Waals surface area contributed by atoms with Gasteiger partial charge in [0.1, 0.15) is 11.3 Å². The van der Waals surface area contributed by atoms with E-state index in [9.17, 15) is 14.7 Å². The zero-order valence-electron chi connectivity index (χ0n) is 18.0. The van der Waals surface area contributed by atoms with E-state index < -0.39 is 11.4 Å². The molecule has 0 radical (unpaired) electrons. The van der Waals surface area contributed by atoms with E-state index in [1.54, 1.807) is 0 Å². The Morgan fingerprint density at radius 1 is 1.06 bits per heavy atom. The number of carboxylic acid groups (broad SMARTS) is 1. The normalized spacial score (nSPS) is 24.8. The van der Waals surface area contributed by atoms with Crippen LogP contribution in [-0.2, 0) is 11.3 Å². The minimum absolute atomic E-state index is 0.0399. The van der Waals surface area contributed by atoms with Crippen LogP contribution in [0.4, 0.5) is 0 Å². The number of ketones is 1. The molecule has 5 heteroatoms. The predicted molar refractivity (Wildman–Crippen MR) is 122 cm³/mol. The second-order valence-corrected chi connectivity index (χ2v) is 9.94. The van der Waals surface area contributed by atoms with Crippen LogP contribution in [-0.4, -0.2) is 21.4 Å². The summed E-state index contributed by atoms with van der Waals surface area (Å²) >= 11 is 0. The SMILES string of the molecule is CC(CC(=O)c1cccc2ccn(Cc3cc4ccccc4o3)c12)C12CC(C(=O)O)(C1)C2. The molecule has 0 saturated heterocycles. The number of fused-ring (bicyclic) bond motifs is 2. The molecule has 0 aliphatic heterocycles. The number of carbonyl (C=O) groups is 2. The summed E-state index contributed by atoms with van der Waals surface area (Å²) in [6, 6.07) is 17.9. The molecule has 2 heterocycles. The number of carboxylic acids is 1. The molecule has 7 rings (SSSR count). The van der Waals surface area contributed by atoms with Crippen molar-refractivity contribution in [3.8, 4) is 0 Å². The summed E-state index contributed by atoms with van der Waals surface area (Å²) < 4.78 is 8.09. The fraction of sp³-hybridized carbons (Fsp3) is 0.333. The molecule has 0 spiro atoms. The minimum atomic E-state index is -0.675. The Hall–Kier alpha value is -3.34. The third-order valence-corrected chi connectivity index (χ3v) is 7.95. The molecule has 32 heavy (non-hydrogen) atoms. The van der Waals surface area contributed by atoms with Crippen LogP contribution in [0.3, 0.4) is 0 Å². The number of carbonyl (C=O) groups excluding carboxylic acids is 1. The lowest BCUT2D eigenvalue weighted by Crippen LogP contribution is -2.67. The highest BCUT2D eigenvalue weighted by Gasteiger charge is 2.73. The summed E-state index contributed by atoms with van der Waals surface area (Å²) in [5.74, 6) is 0.491. The summed E-state index contributed by atoms with van der Waals surface area (Å²) in [7, 11) is 0. The number of rotatable bonds is 7. The van der Waals surface area contributed by atoms with E-state index in [-0.39, 0.29) is 17.1 Å². The quantitative estimate of drug-likeness (QED) is 0.373. The lowest BCUT2D eigenvalue weighted by molar-refractivity contribution is -0.239. The Morgan fingerprint density at radius 3 is 2.56 bits per heavy atom. The second kappa shape index (κ2) is 6.58. The van der Waals surface area contributed by atoms with E-state index in [0.717, 1.165) is 52.5 Å². The first kappa shape index (κ1) is 19.4. The van der Waals surface area contributed by atoms with Crippen LogP contribution < -0.4 is 0 Å². The Balaban J connectivity index is 1.26. The first-order chi connectivity index (χ1) is 15.4. The van der Waals surface area contributed by atoms with Gasteiger partial charge < -0.3 is 14.1 Å². The van der Waals surface area contributed by atoms with Crippen LogP contribution in [0.1, 0.15) is 48.7 Å². The van der Waals surface area contributed by atoms with Crippen molar-refractivity contribution in [3.05, 3.63) is 72.1 Å². The van der Waals surface area contributed by atoms with Gasteiger partial charge in [-0.25, -0.2) is 0 Å². The van der Waals surface area contributed by atoms with Gasteiger partial charge in [-0.15, -0.1) is 0 Å². The van der Waals surface area contributed by atoms with E-state index in [2.05, 4.69) is 17.6 Å². The van der Waals surface area contributed by atoms with Crippen LogP contribution in [0.25, 0.3) is 21.9 Å². The van der Waals surface area contributed by atoms with Gasteiger partial charge in [0.2, 0.25) is 0 Å². The van der Waals surface area contributed by atoms with Gasteiger partial charge in [-0.3, -0.25) is 9.59 Å². The topological polar surface area (TPSA) is 72.4 Å². The van der Waals surface area contributed by atoms with Gasteiger partial charge in [0, 0.05) is 29.0 Å². The Bertz CT molecular complexity index is 1340. The molecule has 1 atom stereocenters. The van der Waals surface area contributed by atoms with Crippen LogP contribution in [0.15, 0.2) is 65.2 Å². The molecule has 1 unspecified atom stereocenters. The van der Waals surface area contributed by atoms with Crippen molar-refractivity contribution in [2.45, 2.75) is 39.2 Å². The van der Waals surface area contributed by atoms with Gasteiger partial charge >= 0.3 is 5.97 Å². The average molecular weight is 428 g/mol. The number of furan rings is 1. The maximum atomic E-state index is 13.4. The van der Waals surface area contributed by atoms with Crippen LogP contribution >= 0.6 is 0 Å². The molecule has 4 aromatic rings. The average Bonchev–Trinajstić information content (AvgIpc) is 3.29. The van der Waals surface area contributed by atoms with Gasteiger partial charge in [-0.05, 0) is 54.9 Å². The number of benzene rings is 2. The minimum Gasteiger partial charge on any atom is -0.481 e. The highest BCUT2D eigenvalue weighted by atomic mass is 16.4. The first-order valence-corrected chi connectivity index (χ1v) is 11.2. The molecule has 3 saturated carbocycles. The van der Waals surface area contributed by atoms with Gasteiger partial charge in [0.05, 0.1) is 17.5 Å². The van der Waals surface area contributed by atoms with E-state index in [4.69, 9.17) is 4.42 Å². The molecule has 3 fully saturated rings. The molecule has 2 aromatic carbocycles. The molecule has 3 aliphatic carbocycles. The largest absolute Gasteiger partial charge is 0.481 e. The maximum Gasteiger partial charge on any atom is 0.309 e. The van der Waals surface area contributed by atoms with Crippen molar-refractivity contribution < 1.29 is 19.1 Å². The summed E-state index contributed by atoms with van der Waals surface area (Å²) in [6.07, 6.45) is 4.61. The number of hydrogen-bond acceptors (Lipinski definition) is 3. The third kappa shape index (κ3) is 2.70. The highest BCUT2D eigenvalue weighted by molar-refractivity contribution is 6.07.